The van der Waals surface area contributed by atoms with Gasteiger partial charge in [0.2, 0.25) is 0 Å². The molecule has 0 saturated carbocycles. The van der Waals surface area contributed by atoms with Crippen molar-refractivity contribution < 1.29 is 5.11 Å². The van der Waals surface area contributed by atoms with Gasteiger partial charge in [0.15, 0.2) is 0 Å². The molecule has 100 valence electrons. The van der Waals surface area contributed by atoms with Crippen molar-refractivity contribution in [3.8, 4) is 0 Å². The number of rotatable bonds is 2. The highest BCUT2D eigenvalue weighted by atomic mass is 16.3. The smallest absolute Gasteiger partial charge is 0.128 e. The largest absolute Gasteiger partial charge is 0.390 e. The second-order valence-corrected chi connectivity index (χ2v) is 5.57. The van der Waals surface area contributed by atoms with Crippen molar-refractivity contribution in [3.63, 3.8) is 0 Å². The Kier molecular flexibility index (Phi) is 3.88. The maximum absolute atomic E-state index is 10.1. The highest BCUT2D eigenvalue weighted by molar-refractivity contribution is 5.42. The molecule has 0 spiro atoms. The quantitative estimate of drug-likeness (QED) is 0.839. The van der Waals surface area contributed by atoms with Crippen LogP contribution in [0.1, 0.15) is 44.7 Å². The third kappa shape index (κ3) is 3.21. The summed E-state index contributed by atoms with van der Waals surface area (Å²) >= 11 is 0. The van der Waals surface area contributed by atoms with Gasteiger partial charge < -0.3 is 15.7 Å². The van der Waals surface area contributed by atoms with Crippen molar-refractivity contribution >= 4 is 5.82 Å². The van der Waals surface area contributed by atoms with Gasteiger partial charge in [-0.25, -0.2) is 4.98 Å². The van der Waals surface area contributed by atoms with Crippen LogP contribution < -0.4 is 10.6 Å². The zero-order chi connectivity index (χ0) is 13.2. The van der Waals surface area contributed by atoms with E-state index in [0.717, 1.165) is 43.7 Å². The van der Waals surface area contributed by atoms with Crippen molar-refractivity contribution in [1.29, 1.82) is 0 Å². The number of aliphatic hydroxyl groups is 1. The van der Waals surface area contributed by atoms with E-state index in [-0.39, 0.29) is 6.04 Å². The van der Waals surface area contributed by atoms with Crippen molar-refractivity contribution in [3.05, 3.63) is 23.9 Å². The van der Waals surface area contributed by atoms with Crippen LogP contribution in [0.15, 0.2) is 18.3 Å². The first-order valence-electron chi connectivity index (χ1n) is 6.67. The Morgan fingerprint density at radius 3 is 2.94 bits per heavy atom. The molecule has 4 heteroatoms. The molecule has 0 aromatic carbocycles. The first kappa shape index (κ1) is 13.3. The van der Waals surface area contributed by atoms with Gasteiger partial charge in [-0.05, 0) is 50.8 Å². The number of nitrogens with zero attached hydrogens (tertiary/aromatic N) is 2. The lowest BCUT2D eigenvalue weighted by atomic mass is 9.98. The Morgan fingerprint density at radius 1 is 1.44 bits per heavy atom. The van der Waals surface area contributed by atoms with Crippen LogP contribution in [0.5, 0.6) is 0 Å². The first-order chi connectivity index (χ1) is 8.48. The maximum Gasteiger partial charge on any atom is 0.128 e. The van der Waals surface area contributed by atoms with Crippen molar-refractivity contribution in [2.45, 2.75) is 44.8 Å². The summed E-state index contributed by atoms with van der Waals surface area (Å²) in [4.78, 5) is 6.67. The molecule has 0 aliphatic carbocycles. The van der Waals surface area contributed by atoms with Crippen LogP contribution in [0.2, 0.25) is 0 Å². The molecule has 1 aromatic heterocycles. The van der Waals surface area contributed by atoms with Crippen LogP contribution in [0.4, 0.5) is 5.82 Å². The van der Waals surface area contributed by atoms with Crippen LogP contribution in [-0.2, 0) is 0 Å². The fourth-order valence-corrected chi connectivity index (χ4v) is 2.38. The second-order valence-electron chi connectivity index (χ2n) is 5.57. The van der Waals surface area contributed by atoms with Crippen molar-refractivity contribution in [2.24, 2.45) is 5.73 Å². The molecule has 2 atom stereocenters. The molecule has 1 aromatic rings. The van der Waals surface area contributed by atoms with Crippen molar-refractivity contribution in [1.82, 2.24) is 4.98 Å². The summed E-state index contributed by atoms with van der Waals surface area (Å²) in [6, 6.07) is 4.05. The van der Waals surface area contributed by atoms with Gasteiger partial charge in [0.1, 0.15) is 5.82 Å². The molecule has 0 amide bonds. The molecule has 2 unspecified atom stereocenters. The Morgan fingerprint density at radius 2 is 2.22 bits per heavy atom. The van der Waals surface area contributed by atoms with E-state index >= 15 is 0 Å². The van der Waals surface area contributed by atoms with E-state index in [1.807, 2.05) is 26.1 Å². The van der Waals surface area contributed by atoms with E-state index in [4.69, 9.17) is 5.73 Å². The monoisotopic (exact) mass is 249 g/mol. The van der Waals surface area contributed by atoms with Gasteiger partial charge in [-0.1, -0.05) is 0 Å². The average Bonchev–Trinajstić information content (AvgIpc) is 2.50. The zero-order valence-electron chi connectivity index (χ0n) is 11.3. The number of hydrogen-bond acceptors (Lipinski definition) is 4. The molecule has 1 fully saturated rings. The van der Waals surface area contributed by atoms with Gasteiger partial charge in [0, 0.05) is 25.3 Å². The minimum atomic E-state index is -0.534. The highest BCUT2D eigenvalue weighted by Crippen LogP contribution is 2.25. The van der Waals surface area contributed by atoms with Crippen molar-refractivity contribution in [2.75, 3.05) is 18.0 Å². The number of anilines is 1. The minimum absolute atomic E-state index is 0.0295. The summed E-state index contributed by atoms with van der Waals surface area (Å²) in [7, 11) is 0. The lowest BCUT2D eigenvalue weighted by Gasteiger charge is -2.24. The number of hydrogen-bond donors (Lipinski definition) is 2. The van der Waals surface area contributed by atoms with Gasteiger partial charge in [-0.3, -0.25) is 0 Å². The topological polar surface area (TPSA) is 62.4 Å². The third-order valence-electron chi connectivity index (χ3n) is 3.68. The summed E-state index contributed by atoms with van der Waals surface area (Å²) in [5, 5.41) is 10.1. The summed E-state index contributed by atoms with van der Waals surface area (Å²) in [6.07, 6.45) is 4.46. The molecule has 1 saturated heterocycles. The molecule has 0 radical (unpaired) electrons. The third-order valence-corrected chi connectivity index (χ3v) is 3.68. The van der Waals surface area contributed by atoms with Gasteiger partial charge in [-0.15, -0.1) is 0 Å². The fraction of sp³-hybridized carbons (Fsp3) is 0.643. The lowest BCUT2D eigenvalue weighted by Crippen LogP contribution is -2.28. The number of nitrogens with two attached hydrogens (primary N) is 1. The van der Waals surface area contributed by atoms with Gasteiger partial charge in [-0.2, -0.15) is 0 Å². The Hall–Kier alpha value is -1.13. The van der Waals surface area contributed by atoms with Crippen LogP contribution in [0.25, 0.3) is 0 Å². The average molecular weight is 249 g/mol. The summed E-state index contributed by atoms with van der Waals surface area (Å²) in [6.45, 7) is 5.70. The Bertz CT molecular complexity index is 404. The lowest BCUT2D eigenvalue weighted by molar-refractivity contribution is 0.0481. The SMILES string of the molecule is CC(N)c1ccnc(N2CCCC(C)(O)CC2)c1. The molecule has 2 heterocycles. The van der Waals surface area contributed by atoms with E-state index in [2.05, 4.69) is 16.0 Å². The summed E-state index contributed by atoms with van der Waals surface area (Å²) in [5.74, 6) is 0.975. The van der Waals surface area contributed by atoms with Gasteiger partial charge >= 0.3 is 0 Å². The molecule has 3 N–H and O–H groups in total. The molecule has 1 aliphatic heterocycles. The standard InChI is InChI=1S/C14H23N3O/c1-11(15)12-4-7-16-13(10-12)17-8-3-5-14(2,18)6-9-17/h4,7,10-11,18H,3,5-6,8-9,15H2,1-2H3. The van der Waals surface area contributed by atoms with E-state index < -0.39 is 5.60 Å². The number of aromatic nitrogens is 1. The van der Waals surface area contributed by atoms with E-state index in [1.54, 1.807) is 0 Å². The van der Waals surface area contributed by atoms with Crippen LogP contribution >= 0.6 is 0 Å². The first-order valence-corrected chi connectivity index (χ1v) is 6.67. The second kappa shape index (κ2) is 5.24. The highest BCUT2D eigenvalue weighted by Gasteiger charge is 2.25. The normalized spacial score (nSPS) is 26.8. The summed E-state index contributed by atoms with van der Waals surface area (Å²) in [5.41, 5.74) is 6.47. The predicted molar refractivity (Wildman–Crippen MR) is 73.5 cm³/mol. The molecular formula is C14H23N3O. The molecule has 0 bridgehead atoms. The van der Waals surface area contributed by atoms with Crippen LogP contribution in [-0.4, -0.2) is 28.8 Å². The van der Waals surface area contributed by atoms with E-state index in [0.29, 0.717) is 0 Å². The van der Waals surface area contributed by atoms with Gasteiger partial charge in [0.25, 0.3) is 0 Å². The predicted octanol–water partition coefficient (Wildman–Crippen LogP) is 1.84. The minimum Gasteiger partial charge on any atom is -0.390 e. The molecule has 2 rings (SSSR count). The Labute approximate surface area is 109 Å². The van der Waals surface area contributed by atoms with Crippen LogP contribution in [0.3, 0.4) is 0 Å². The molecule has 1 aliphatic rings. The fourth-order valence-electron chi connectivity index (χ4n) is 2.38. The molecular weight excluding hydrogens is 226 g/mol. The number of pyridine rings is 1. The molecule has 4 nitrogen and oxygen atoms in total. The van der Waals surface area contributed by atoms with E-state index in [9.17, 15) is 5.11 Å². The zero-order valence-corrected chi connectivity index (χ0v) is 11.3. The van der Waals surface area contributed by atoms with Crippen LogP contribution in [0, 0.1) is 0 Å². The molecule has 18 heavy (non-hydrogen) atoms. The summed E-state index contributed by atoms with van der Waals surface area (Å²) < 4.78 is 0. The van der Waals surface area contributed by atoms with Gasteiger partial charge in [0.05, 0.1) is 5.60 Å². The Balaban J connectivity index is 2.13. The maximum atomic E-state index is 10.1. The van der Waals surface area contributed by atoms with E-state index in [1.165, 1.54) is 0 Å².